The van der Waals surface area contributed by atoms with Gasteiger partial charge in [-0.1, -0.05) is 45.6 Å². The number of aromatic carboxylic acids is 2. The summed E-state index contributed by atoms with van der Waals surface area (Å²) in [5.74, 6) is -1.69. The molecule has 0 aliphatic heterocycles. The van der Waals surface area contributed by atoms with Crippen molar-refractivity contribution in [2.75, 3.05) is 0 Å². The van der Waals surface area contributed by atoms with E-state index >= 15 is 0 Å². The Labute approximate surface area is 125 Å². The molecule has 1 aromatic carbocycles. The number of hydrogen-bond donors (Lipinski definition) is 2. The predicted molar refractivity (Wildman–Crippen MR) is 82.1 cm³/mol. The summed E-state index contributed by atoms with van der Waals surface area (Å²) in [4.78, 5) is 22.6. The fourth-order valence-corrected chi connectivity index (χ4v) is 2.72. The first kappa shape index (κ1) is 17.2. The average molecular weight is 292 g/mol. The molecule has 4 nitrogen and oxygen atoms in total. The van der Waals surface area contributed by atoms with Crippen LogP contribution >= 0.6 is 0 Å². The summed E-state index contributed by atoms with van der Waals surface area (Å²) in [6, 6.07) is 3.18. The zero-order chi connectivity index (χ0) is 16.0. The van der Waals surface area contributed by atoms with Crippen molar-refractivity contribution >= 4 is 11.9 Å². The summed E-state index contributed by atoms with van der Waals surface area (Å²) in [6.07, 6.45) is 5.02. The predicted octanol–water partition coefficient (Wildman–Crippen LogP) is 4.15. The smallest absolute Gasteiger partial charge is 0.336 e. The van der Waals surface area contributed by atoms with E-state index in [0.717, 1.165) is 31.2 Å². The minimum absolute atomic E-state index is 0.0674. The van der Waals surface area contributed by atoms with Crippen LogP contribution < -0.4 is 0 Å². The Morgan fingerprint density at radius 3 is 2.29 bits per heavy atom. The van der Waals surface area contributed by atoms with Gasteiger partial charge >= 0.3 is 11.9 Å². The molecule has 116 valence electrons. The highest BCUT2D eigenvalue weighted by atomic mass is 16.4. The van der Waals surface area contributed by atoms with Crippen LogP contribution in [0, 0.1) is 12.8 Å². The van der Waals surface area contributed by atoms with Gasteiger partial charge in [0.1, 0.15) is 0 Å². The van der Waals surface area contributed by atoms with Crippen molar-refractivity contribution in [2.45, 2.75) is 52.9 Å². The molecule has 1 rings (SSSR count). The molecule has 0 bridgehead atoms. The van der Waals surface area contributed by atoms with Crippen LogP contribution in [0.1, 0.15) is 71.4 Å². The molecule has 2 N–H and O–H groups in total. The zero-order valence-electron chi connectivity index (χ0n) is 13.0. The first-order chi connectivity index (χ1) is 9.92. The van der Waals surface area contributed by atoms with Gasteiger partial charge in [0.15, 0.2) is 0 Å². The van der Waals surface area contributed by atoms with Crippen molar-refractivity contribution < 1.29 is 19.8 Å². The molecule has 0 saturated heterocycles. The van der Waals surface area contributed by atoms with Crippen molar-refractivity contribution in [3.8, 4) is 0 Å². The fraction of sp³-hybridized carbons (Fsp3) is 0.529. The van der Waals surface area contributed by atoms with E-state index in [1.807, 2.05) is 0 Å². The molecule has 1 atom stereocenters. The Kier molecular flexibility index (Phi) is 6.40. The average Bonchev–Trinajstić information content (AvgIpc) is 2.42. The van der Waals surface area contributed by atoms with Gasteiger partial charge in [-0.15, -0.1) is 0 Å². The Balaban J connectivity index is 3.14. The third-order valence-corrected chi connectivity index (χ3v) is 4.05. The summed E-state index contributed by atoms with van der Waals surface area (Å²) in [6.45, 7) is 5.82. The molecule has 0 heterocycles. The molecule has 0 amide bonds. The van der Waals surface area contributed by atoms with Crippen LogP contribution in [0.25, 0.3) is 0 Å². The third-order valence-electron chi connectivity index (χ3n) is 4.05. The molecular weight excluding hydrogens is 268 g/mol. The van der Waals surface area contributed by atoms with E-state index in [0.29, 0.717) is 17.9 Å². The molecular formula is C17H24O4. The van der Waals surface area contributed by atoms with Gasteiger partial charge in [0.2, 0.25) is 0 Å². The molecule has 0 saturated carbocycles. The molecule has 0 fully saturated rings. The van der Waals surface area contributed by atoms with E-state index in [1.165, 1.54) is 6.07 Å². The Morgan fingerprint density at radius 1 is 1.14 bits per heavy atom. The van der Waals surface area contributed by atoms with E-state index in [-0.39, 0.29) is 11.1 Å². The molecule has 0 radical (unpaired) electrons. The maximum absolute atomic E-state index is 11.5. The number of carbonyl (C=O) groups is 2. The van der Waals surface area contributed by atoms with Gasteiger partial charge in [-0.05, 0) is 36.5 Å². The van der Waals surface area contributed by atoms with Crippen molar-refractivity contribution in [3.63, 3.8) is 0 Å². The molecule has 0 aromatic heterocycles. The van der Waals surface area contributed by atoms with Gasteiger partial charge in [-0.2, -0.15) is 0 Å². The Hall–Kier alpha value is -1.84. The van der Waals surface area contributed by atoms with E-state index in [4.69, 9.17) is 5.11 Å². The number of carboxylic acids is 2. The van der Waals surface area contributed by atoms with Gasteiger partial charge in [0.05, 0.1) is 11.1 Å². The minimum atomic E-state index is -1.08. The molecule has 0 aliphatic carbocycles. The summed E-state index contributed by atoms with van der Waals surface area (Å²) >= 11 is 0. The van der Waals surface area contributed by atoms with Gasteiger partial charge in [-0.25, -0.2) is 9.59 Å². The number of hydrogen-bond acceptors (Lipinski definition) is 2. The summed E-state index contributed by atoms with van der Waals surface area (Å²) in [7, 11) is 0. The largest absolute Gasteiger partial charge is 0.478 e. The molecule has 1 unspecified atom stereocenters. The number of carboxylic acid groups (broad SMARTS) is 2. The first-order valence-electron chi connectivity index (χ1n) is 7.51. The van der Waals surface area contributed by atoms with Gasteiger partial charge in [0, 0.05) is 0 Å². The summed E-state index contributed by atoms with van der Waals surface area (Å²) < 4.78 is 0. The van der Waals surface area contributed by atoms with Crippen LogP contribution in [0.2, 0.25) is 0 Å². The second-order valence-corrected chi connectivity index (χ2v) is 5.50. The lowest BCUT2D eigenvalue weighted by Gasteiger charge is -2.17. The van der Waals surface area contributed by atoms with Crippen molar-refractivity contribution in [2.24, 2.45) is 5.92 Å². The molecule has 0 aliphatic rings. The topological polar surface area (TPSA) is 74.6 Å². The van der Waals surface area contributed by atoms with Crippen LogP contribution in [0.15, 0.2) is 12.1 Å². The van der Waals surface area contributed by atoms with E-state index < -0.39 is 11.9 Å². The standard InChI is InChI=1S/C17H24O4/c1-4-6-7-12(5-2)10-13-8-9-14(16(18)19)11(3)15(13)17(20)21/h8-9,12H,4-7,10H2,1-3H3,(H,18,19)(H,20,21). The zero-order valence-corrected chi connectivity index (χ0v) is 13.0. The molecule has 21 heavy (non-hydrogen) atoms. The maximum Gasteiger partial charge on any atom is 0.336 e. The number of benzene rings is 1. The number of unbranched alkanes of at least 4 members (excludes halogenated alkanes) is 1. The van der Waals surface area contributed by atoms with Gasteiger partial charge in [0.25, 0.3) is 0 Å². The van der Waals surface area contributed by atoms with Crippen LogP contribution in [0.5, 0.6) is 0 Å². The highest BCUT2D eigenvalue weighted by Gasteiger charge is 2.20. The van der Waals surface area contributed by atoms with Crippen LogP contribution in [0.4, 0.5) is 0 Å². The molecule has 0 spiro atoms. The van der Waals surface area contributed by atoms with Crippen LogP contribution in [-0.4, -0.2) is 22.2 Å². The molecule has 1 aromatic rings. The lowest BCUT2D eigenvalue weighted by Crippen LogP contribution is -2.13. The maximum atomic E-state index is 11.5. The fourth-order valence-electron chi connectivity index (χ4n) is 2.72. The van der Waals surface area contributed by atoms with Crippen LogP contribution in [-0.2, 0) is 6.42 Å². The van der Waals surface area contributed by atoms with Gasteiger partial charge < -0.3 is 10.2 Å². The lowest BCUT2D eigenvalue weighted by molar-refractivity contribution is 0.0694. The second-order valence-electron chi connectivity index (χ2n) is 5.50. The summed E-state index contributed by atoms with van der Waals surface area (Å²) in [5.41, 5.74) is 1.31. The Morgan fingerprint density at radius 2 is 1.81 bits per heavy atom. The highest BCUT2D eigenvalue weighted by Crippen LogP contribution is 2.25. The summed E-state index contributed by atoms with van der Waals surface area (Å²) in [5, 5.41) is 18.5. The van der Waals surface area contributed by atoms with Crippen molar-refractivity contribution in [3.05, 3.63) is 34.4 Å². The molecule has 4 heteroatoms. The Bertz CT molecular complexity index is 520. The van der Waals surface area contributed by atoms with Crippen molar-refractivity contribution in [1.82, 2.24) is 0 Å². The third kappa shape index (κ3) is 4.31. The SMILES string of the molecule is CCCCC(CC)Cc1ccc(C(=O)O)c(C)c1C(=O)O. The van der Waals surface area contributed by atoms with Crippen LogP contribution in [0.3, 0.4) is 0 Å². The van der Waals surface area contributed by atoms with E-state index in [9.17, 15) is 14.7 Å². The van der Waals surface area contributed by atoms with E-state index in [2.05, 4.69) is 13.8 Å². The minimum Gasteiger partial charge on any atom is -0.478 e. The number of rotatable bonds is 8. The second kappa shape index (κ2) is 7.81. The van der Waals surface area contributed by atoms with E-state index in [1.54, 1.807) is 13.0 Å². The van der Waals surface area contributed by atoms with Crippen molar-refractivity contribution in [1.29, 1.82) is 0 Å². The quantitative estimate of drug-likeness (QED) is 0.754. The lowest BCUT2D eigenvalue weighted by atomic mass is 9.87. The highest BCUT2D eigenvalue weighted by molar-refractivity contribution is 5.97. The normalized spacial score (nSPS) is 12.1. The monoisotopic (exact) mass is 292 g/mol. The van der Waals surface area contributed by atoms with Gasteiger partial charge in [-0.3, -0.25) is 0 Å². The first-order valence-corrected chi connectivity index (χ1v) is 7.51.